The van der Waals surface area contributed by atoms with Crippen LogP contribution in [0, 0.1) is 6.92 Å². The molecule has 27 heavy (non-hydrogen) atoms. The summed E-state index contributed by atoms with van der Waals surface area (Å²) < 4.78 is 5.79. The molecule has 0 bridgehead atoms. The highest BCUT2D eigenvalue weighted by Crippen LogP contribution is 2.18. The van der Waals surface area contributed by atoms with Crippen molar-refractivity contribution in [1.82, 2.24) is 15.1 Å². The maximum atomic E-state index is 12.9. The third kappa shape index (κ3) is 4.96. The van der Waals surface area contributed by atoms with Crippen LogP contribution >= 0.6 is 0 Å². The molecule has 1 atom stereocenters. The van der Waals surface area contributed by atoms with Gasteiger partial charge >= 0.3 is 0 Å². The van der Waals surface area contributed by atoms with Gasteiger partial charge in [-0.15, -0.1) is 5.10 Å². The van der Waals surface area contributed by atoms with Crippen LogP contribution in [0.4, 0.5) is 5.82 Å². The average Bonchev–Trinajstić information content (AvgIpc) is 2.95. The van der Waals surface area contributed by atoms with Gasteiger partial charge in [-0.05, 0) is 63.1 Å². The molecule has 1 aromatic carbocycles. The molecule has 0 spiro atoms. The Morgan fingerprint density at radius 3 is 2.52 bits per heavy atom. The SMILES string of the molecule is CCC(C)Oc1ccc(C(=O)N2CCCN(c3ccc(C)nn3)CC2)cc1. The first-order valence-corrected chi connectivity index (χ1v) is 9.68. The van der Waals surface area contributed by atoms with Crippen LogP contribution < -0.4 is 9.64 Å². The first kappa shape index (κ1) is 19.1. The number of anilines is 1. The van der Waals surface area contributed by atoms with Gasteiger partial charge in [-0.1, -0.05) is 6.92 Å². The Balaban J connectivity index is 1.61. The van der Waals surface area contributed by atoms with E-state index in [0.717, 1.165) is 49.7 Å². The first-order chi connectivity index (χ1) is 13.1. The van der Waals surface area contributed by atoms with E-state index < -0.39 is 0 Å². The average molecular weight is 368 g/mol. The number of hydrogen-bond donors (Lipinski definition) is 0. The molecule has 6 nitrogen and oxygen atoms in total. The van der Waals surface area contributed by atoms with E-state index in [2.05, 4.69) is 22.0 Å². The summed E-state index contributed by atoms with van der Waals surface area (Å²) in [6, 6.07) is 11.4. The van der Waals surface area contributed by atoms with Gasteiger partial charge in [-0.3, -0.25) is 4.79 Å². The summed E-state index contributed by atoms with van der Waals surface area (Å²) in [5.41, 5.74) is 1.61. The van der Waals surface area contributed by atoms with Gasteiger partial charge in [0.05, 0.1) is 11.8 Å². The largest absolute Gasteiger partial charge is 0.491 e. The lowest BCUT2D eigenvalue weighted by molar-refractivity contribution is 0.0767. The molecule has 0 saturated carbocycles. The Bertz CT molecular complexity index is 746. The van der Waals surface area contributed by atoms with Crippen molar-refractivity contribution in [2.75, 3.05) is 31.1 Å². The lowest BCUT2D eigenvalue weighted by Crippen LogP contribution is -2.35. The van der Waals surface area contributed by atoms with Crippen molar-refractivity contribution in [2.24, 2.45) is 0 Å². The van der Waals surface area contributed by atoms with Crippen molar-refractivity contribution >= 4 is 11.7 Å². The van der Waals surface area contributed by atoms with Gasteiger partial charge in [0, 0.05) is 31.7 Å². The quantitative estimate of drug-likeness (QED) is 0.810. The summed E-state index contributed by atoms with van der Waals surface area (Å²) >= 11 is 0. The van der Waals surface area contributed by atoms with Crippen molar-refractivity contribution in [3.63, 3.8) is 0 Å². The minimum atomic E-state index is 0.0712. The number of benzene rings is 1. The molecule has 3 rings (SSSR count). The monoisotopic (exact) mass is 368 g/mol. The molecule has 0 aliphatic carbocycles. The Morgan fingerprint density at radius 1 is 1.07 bits per heavy atom. The van der Waals surface area contributed by atoms with E-state index in [4.69, 9.17) is 4.74 Å². The number of nitrogens with zero attached hydrogens (tertiary/aromatic N) is 4. The Morgan fingerprint density at radius 2 is 1.85 bits per heavy atom. The van der Waals surface area contributed by atoms with Gasteiger partial charge in [0.15, 0.2) is 5.82 Å². The van der Waals surface area contributed by atoms with E-state index in [1.165, 1.54) is 0 Å². The number of aryl methyl sites for hydroxylation is 1. The van der Waals surface area contributed by atoms with Crippen LogP contribution in [0.5, 0.6) is 5.75 Å². The molecular formula is C21H28N4O2. The molecule has 1 saturated heterocycles. The number of hydrogen-bond acceptors (Lipinski definition) is 5. The minimum Gasteiger partial charge on any atom is -0.491 e. The van der Waals surface area contributed by atoms with Crippen LogP contribution in [0.25, 0.3) is 0 Å². The van der Waals surface area contributed by atoms with Crippen molar-refractivity contribution in [3.05, 3.63) is 47.7 Å². The normalized spacial score (nSPS) is 16.0. The molecule has 6 heteroatoms. The highest BCUT2D eigenvalue weighted by Gasteiger charge is 2.21. The van der Waals surface area contributed by atoms with Crippen LogP contribution in [0.15, 0.2) is 36.4 Å². The second-order valence-electron chi connectivity index (χ2n) is 7.03. The van der Waals surface area contributed by atoms with E-state index in [1.54, 1.807) is 0 Å². The Hall–Kier alpha value is -2.63. The Labute approximate surface area is 161 Å². The third-order valence-electron chi connectivity index (χ3n) is 4.90. The molecule has 144 valence electrons. The smallest absolute Gasteiger partial charge is 0.253 e. The zero-order chi connectivity index (χ0) is 19.2. The second kappa shape index (κ2) is 8.84. The lowest BCUT2D eigenvalue weighted by Gasteiger charge is -2.22. The predicted octanol–water partition coefficient (Wildman–Crippen LogP) is 3.31. The van der Waals surface area contributed by atoms with Gasteiger partial charge in [0.2, 0.25) is 0 Å². The molecular weight excluding hydrogens is 340 g/mol. The van der Waals surface area contributed by atoms with Crippen LogP contribution in [0.2, 0.25) is 0 Å². The van der Waals surface area contributed by atoms with Crippen LogP contribution in [0.1, 0.15) is 42.7 Å². The van der Waals surface area contributed by atoms with E-state index >= 15 is 0 Å². The minimum absolute atomic E-state index is 0.0712. The summed E-state index contributed by atoms with van der Waals surface area (Å²) in [4.78, 5) is 17.0. The molecule has 1 aliphatic rings. The van der Waals surface area contributed by atoms with Gasteiger partial charge in [-0.2, -0.15) is 5.10 Å². The zero-order valence-corrected chi connectivity index (χ0v) is 16.4. The topological polar surface area (TPSA) is 58.6 Å². The molecule has 1 fully saturated rings. The molecule has 2 aromatic rings. The summed E-state index contributed by atoms with van der Waals surface area (Å²) in [6.07, 6.45) is 2.04. The fourth-order valence-electron chi connectivity index (χ4n) is 3.08. The fraction of sp³-hybridized carbons (Fsp3) is 0.476. The van der Waals surface area contributed by atoms with Crippen LogP contribution in [-0.2, 0) is 0 Å². The maximum Gasteiger partial charge on any atom is 0.253 e. The molecule has 0 radical (unpaired) electrons. The molecule has 1 amide bonds. The number of carbonyl (C=O) groups is 1. The third-order valence-corrected chi connectivity index (χ3v) is 4.90. The van der Waals surface area contributed by atoms with Crippen molar-refractivity contribution < 1.29 is 9.53 Å². The van der Waals surface area contributed by atoms with Gasteiger partial charge in [0.25, 0.3) is 5.91 Å². The molecule has 0 N–H and O–H groups in total. The first-order valence-electron chi connectivity index (χ1n) is 9.68. The number of rotatable bonds is 5. The van der Waals surface area contributed by atoms with E-state index in [0.29, 0.717) is 12.1 Å². The Kier molecular flexibility index (Phi) is 6.27. The molecule has 1 aliphatic heterocycles. The molecule has 1 unspecified atom stereocenters. The summed E-state index contributed by atoms with van der Waals surface area (Å²) in [7, 11) is 0. The number of aromatic nitrogens is 2. The summed E-state index contributed by atoms with van der Waals surface area (Å²) in [6.45, 7) is 9.13. The lowest BCUT2D eigenvalue weighted by atomic mass is 10.2. The van der Waals surface area contributed by atoms with Crippen LogP contribution in [0.3, 0.4) is 0 Å². The molecule has 1 aromatic heterocycles. The second-order valence-corrected chi connectivity index (χ2v) is 7.03. The number of carbonyl (C=O) groups excluding carboxylic acids is 1. The van der Waals surface area contributed by atoms with Crippen molar-refractivity contribution in [2.45, 2.75) is 39.7 Å². The summed E-state index contributed by atoms with van der Waals surface area (Å²) in [5, 5.41) is 8.41. The van der Waals surface area contributed by atoms with Crippen LogP contribution in [-0.4, -0.2) is 53.3 Å². The fourth-order valence-corrected chi connectivity index (χ4v) is 3.08. The number of ether oxygens (including phenoxy) is 1. The zero-order valence-electron chi connectivity index (χ0n) is 16.4. The van der Waals surface area contributed by atoms with E-state index in [9.17, 15) is 4.79 Å². The van der Waals surface area contributed by atoms with Gasteiger partial charge in [-0.25, -0.2) is 0 Å². The standard InChI is InChI=1S/C21H28N4O2/c1-4-17(3)27-19-9-7-18(8-10-19)21(26)25-13-5-12-24(14-15-25)20-11-6-16(2)22-23-20/h6-11,17H,4-5,12-15H2,1-3H3. The highest BCUT2D eigenvalue weighted by atomic mass is 16.5. The van der Waals surface area contributed by atoms with Crippen molar-refractivity contribution in [1.29, 1.82) is 0 Å². The molecule has 2 heterocycles. The maximum absolute atomic E-state index is 12.9. The van der Waals surface area contributed by atoms with Crippen molar-refractivity contribution in [3.8, 4) is 5.75 Å². The van der Waals surface area contributed by atoms with Gasteiger partial charge in [0.1, 0.15) is 5.75 Å². The van der Waals surface area contributed by atoms with E-state index in [-0.39, 0.29) is 12.0 Å². The highest BCUT2D eigenvalue weighted by molar-refractivity contribution is 5.94. The van der Waals surface area contributed by atoms with E-state index in [1.807, 2.05) is 55.1 Å². The van der Waals surface area contributed by atoms with Gasteiger partial charge < -0.3 is 14.5 Å². The predicted molar refractivity (Wildman–Crippen MR) is 106 cm³/mol. The summed E-state index contributed by atoms with van der Waals surface area (Å²) in [5.74, 6) is 1.75. The number of amides is 1.